The number of hydrogen-bond donors (Lipinski definition) is 1. The maximum Gasteiger partial charge on any atom is 0.305 e. The van der Waals surface area contributed by atoms with Crippen molar-refractivity contribution in [3.05, 3.63) is 39.3 Å². The lowest BCUT2D eigenvalue weighted by Crippen LogP contribution is -2.34. The lowest BCUT2D eigenvalue weighted by atomic mass is 10.0. The lowest BCUT2D eigenvalue weighted by molar-refractivity contribution is -0.138. The molecule has 3 aromatic rings. The molecule has 1 N–H and O–H groups in total. The third-order valence-corrected chi connectivity index (χ3v) is 7.92. The molecule has 3 heterocycles. The van der Waals surface area contributed by atoms with E-state index in [1.807, 2.05) is 12.1 Å². The second-order valence-electron chi connectivity index (χ2n) is 8.43. The van der Waals surface area contributed by atoms with Crippen LogP contribution in [-0.2, 0) is 9.53 Å². The number of hydrogen-bond acceptors (Lipinski definition) is 6. The lowest BCUT2D eigenvalue weighted by Gasteiger charge is -2.27. The summed E-state index contributed by atoms with van der Waals surface area (Å²) in [5.41, 5.74) is 1.67. The molecule has 0 bridgehead atoms. The van der Waals surface area contributed by atoms with Crippen LogP contribution in [0.3, 0.4) is 0 Å². The summed E-state index contributed by atoms with van der Waals surface area (Å²) in [5.74, 6) is -0.0998. The molecule has 1 atom stereocenters. The summed E-state index contributed by atoms with van der Waals surface area (Å²) in [6.07, 6.45) is 6.45. The van der Waals surface area contributed by atoms with E-state index in [9.17, 15) is 4.79 Å². The zero-order chi connectivity index (χ0) is 22.5. The van der Waals surface area contributed by atoms with E-state index in [-0.39, 0.29) is 24.5 Å². The van der Waals surface area contributed by atoms with Gasteiger partial charge < -0.3 is 14.7 Å². The largest absolute Gasteiger partial charge is 0.481 e. The summed E-state index contributed by atoms with van der Waals surface area (Å²) in [6.45, 7) is 1.51. The molecule has 1 saturated carbocycles. The van der Waals surface area contributed by atoms with Crippen molar-refractivity contribution in [3.63, 3.8) is 0 Å². The first kappa shape index (κ1) is 21.9. The van der Waals surface area contributed by atoms with Gasteiger partial charge in [-0.05, 0) is 46.7 Å². The molecule has 1 aromatic carbocycles. The number of ether oxygens (including phenoxy) is 1. The second kappa shape index (κ2) is 8.44. The molecule has 11 heteroatoms. The monoisotopic (exact) mass is 539 g/mol. The van der Waals surface area contributed by atoms with Crippen LogP contribution in [0.5, 0.6) is 0 Å². The zero-order valence-corrected chi connectivity index (χ0v) is 20.1. The van der Waals surface area contributed by atoms with Crippen molar-refractivity contribution >= 4 is 61.8 Å². The van der Waals surface area contributed by atoms with Crippen LogP contribution in [0.15, 0.2) is 29.3 Å². The van der Waals surface area contributed by atoms with E-state index in [4.69, 9.17) is 38.0 Å². The number of carbonyl (C=O) groups is 1. The average Bonchev–Trinajstić information content (AvgIpc) is 3.15. The number of fused-ring (bicyclic) bond motifs is 1. The van der Waals surface area contributed by atoms with Crippen molar-refractivity contribution in [2.24, 2.45) is 5.41 Å². The van der Waals surface area contributed by atoms with Gasteiger partial charge >= 0.3 is 5.97 Å². The number of benzene rings is 1. The van der Waals surface area contributed by atoms with Crippen LogP contribution in [-0.4, -0.2) is 56.6 Å². The molecule has 168 valence electrons. The molecule has 0 amide bonds. The number of halogens is 3. The Morgan fingerprint density at radius 2 is 2.12 bits per heavy atom. The van der Waals surface area contributed by atoms with Crippen molar-refractivity contribution in [1.29, 1.82) is 0 Å². The van der Waals surface area contributed by atoms with Crippen LogP contribution < -0.4 is 4.90 Å². The maximum absolute atomic E-state index is 10.8. The molecule has 2 aliphatic rings. The molecule has 1 aliphatic heterocycles. The Labute approximate surface area is 202 Å². The van der Waals surface area contributed by atoms with Gasteiger partial charge in [-0.3, -0.25) is 4.79 Å². The zero-order valence-electron chi connectivity index (χ0n) is 17.0. The molecule has 1 aliphatic carbocycles. The van der Waals surface area contributed by atoms with Crippen molar-refractivity contribution in [2.45, 2.75) is 31.7 Å². The first-order valence-electron chi connectivity index (χ1n) is 10.3. The summed E-state index contributed by atoms with van der Waals surface area (Å²) in [5, 5.41) is 14.8. The Morgan fingerprint density at radius 1 is 1.31 bits per heavy atom. The number of aliphatic carboxylic acids is 1. The molecule has 2 fully saturated rings. The van der Waals surface area contributed by atoms with Gasteiger partial charge in [-0.25, -0.2) is 14.6 Å². The van der Waals surface area contributed by atoms with Crippen LogP contribution >= 0.6 is 39.1 Å². The quantitative estimate of drug-likeness (QED) is 0.342. The Bertz CT molecular complexity index is 1190. The molecule has 8 nitrogen and oxygen atoms in total. The predicted molar refractivity (Wildman–Crippen MR) is 125 cm³/mol. The van der Waals surface area contributed by atoms with E-state index in [0.29, 0.717) is 26.6 Å². The number of anilines is 1. The Balaban J connectivity index is 1.56. The fourth-order valence-electron chi connectivity index (χ4n) is 4.41. The summed E-state index contributed by atoms with van der Waals surface area (Å²) in [4.78, 5) is 22.1. The van der Waals surface area contributed by atoms with Gasteiger partial charge in [0.1, 0.15) is 18.5 Å². The minimum absolute atomic E-state index is 0.00841. The summed E-state index contributed by atoms with van der Waals surface area (Å²) < 4.78 is 8.08. The summed E-state index contributed by atoms with van der Waals surface area (Å²) in [7, 11) is 0. The van der Waals surface area contributed by atoms with Gasteiger partial charge in [0, 0.05) is 22.5 Å². The van der Waals surface area contributed by atoms with Crippen molar-refractivity contribution in [2.75, 3.05) is 24.7 Å². The van der Waals surface area contributed by atoms with Gasteiger partial charge in [0.05, 0.1) is 46.9 Å². The number of carboxylic acid groups (broad SMARTS) is 1. The smallest absolute Gasteiger partial charge is 0.305 e. The summed E-state index contributed by atoms with van der Waals surface area (Å²) >= 11 is 16.5. The van der Waals surface area contributed by atoms with Gasteiger partial charge in [0.25, 0.3) is 0 Å². The highest BCUT2D eigenvalue weighted by atomic mass is 79.9. The number of pyridine rings is 1. The SMILES string of the molecule is O=C(O)CCOC[C@H]1CC2(CC2)CN1c1cc(-n2cncn2)c2cc(Br)c(Cl)c(Cl)c2n1. The van der Waals surface area contributed by atoms with Crippen LogP contribution in [0.1, 0.15) is 25.7 Å². The van der Waals surface area contributed by atoms with Crippen LogP contribution in [0.4, 0.5) is 5.82 Å². The topological polar surface area (TPSA) is 93.4 Å². The van der Waals surface area contributed by atoms with E-state index < -0.39 is 5.97 Å². The number of aromatic nitrogens is 4. The highest BCUT2D eigenvalue weighted by Crippen LogP contribution is 2.55. The van der Waals surface area contributed by atoms with Gasteiger partial charge in [-0.15, -0.1) is 0 Å². The third-order valence-electron chi connectivity index (χ3n) is 6.21. The van der Waals surface area contributed by atoms with Crippen molar-refractivity contribution < 1.29 is 14.6 Å². The van der Waals surface area contributed by atoms with Crippen molar-refractivity contribution in [3.8, 4) is 5.69 Å². The van der Waals surface area contributed by atoms with Crippen LogP contribution in [0, 0.1) is 5.41 Å². The van der Waals surface area contributed by atoms with Crippen LogP contribution in [0.25, 0.3) is 16.6 Å². The van der Waals surface area contributed by atoms with E-state index in [0.717, 1.165) is 29.9 Å². The number of rotatable bonds is 7. The van der Waals surface area contributed by atoms with Crippen LogP contribution in [0.2, 0.25) is 10.0 Å². The molecule has 32 heavy (non-hydrogen) atoms. The molecule has 2 aromatic heterocycles. The van der Waals surface area contributed by atoms with E-state index in [1.54, 1.807) is 11.0 Å². The Hall–Kier alpha value is -1.94. The van der Waals surface area contributed by atoms with E-state index in [1.165, 1.54) is 19.2 Å². The van der Waals surface area contributed by atoms with Gasteiger partial charge in [0.15, 0.2) is 0 Å². The maximum atomic E-state index is 10.8. The minimum atomic E-state index is -0.863. The molecular weight excluding hydrogens is 521 g/mol. The standard InChI is InChI=1S/C21H20BrCl2N5O3/c22-14-5-13-15(29-11-25-10-26-29)6-16(27-20(13)19(24)18(14)23)28-9-21(2-3-21)7-12(28)8-32-4-1-17(30)31/h5-6,10-12H,1-4,7-9H2,(H,30,31)/t12-/m1/s1. The van der Waals surface area contributed by atoms with E-state index in [2.05, 4.69) is 30.9 Å². The molecular formula is C21H20BrCl2N5O3. The predicted octanol–water partition coefficient (Wildman–Crippen LogP) is 4.74. The normalized spacial score (nSPS) is 19.2. The van der Waals surface area contributed by atoms with Gasteiger partial charge in [0.2, 0.25) is 0 Å². The molecule has 5 rings (SSSR count). The molecule has 0 unspecified atom stereocenters. The minimum Gasteiger partial charge on any atom is -0.481 e. The fraction of sp³-hybridized carbons (Fsp3) is 0.429. The molecule has 1 saturated heterocycles. The first-order valence-corrected chi connectivity index (χ1v) is 11.8. The third kappa shape index (κ3) is 4.07. The molecule has 0 radical (unpaired) electrons. The number of carboxylic acids is 1. The first-order chi connectivity index (χ1) is 15.4. The number of nitrogens with zero attached hydrogens (tertiary/aromatic N) is 5. The summed E-state index contributed by atoms with van der Waals surface area (Å²) in [6, 6.07) is 3.97. The Morgan fingerprint density at radius 3 is 2.81 bits per heavy atom. The fourth-order valence-corrected chi connectivity index (χ4v) is 5.34. The van der Waals surface area contributed by atoms with E-state index >= 15 is 0 Å². The highest BCUT2D eigenvalue weighted by molar-refractivity contribution is 9.10. The Kier molecular flexibility index (Phi) is 5.77. The average molecular weight is 541 g/mol. The van der Waals surface area contributed by atoms with Gasteiger partial charge in [-0.1, -0.05) is 23.2 Å². The molecule has 1 spiro atoms. The second-order valence-corrected chi connectivity index (χ2v) is 10.0. The van der Waals surface area contributed by atoms with Crippen molar-refractivity contribution in [1.82, 2.24) is 19.7 Å². The highest BCUT2D eigenvalue weighted by Gasteiger charge is 2.52. The van der Waals surface area contributed by atoms with Gasteiger partial charge in [-0.2, -0.15) is 5.10 Å².